The molecule has 0 aliphatic carbocycles. The van der Waals surface area contributed by atoms with Crippen molar-refractivity contribution in [2.45, 2.75) is 12.8 Å². The molecule has 0 unspecified atom stereocenters. The van der Waals surface area contributed by atoms with E-state index in [4.69, 9.17) is 5.73 Å². The number of imidazole rings is 1. The molecule has 0 spiro atoms. The smallest absolute Gasteiger partial charge is 0.194 e. The van der Waals surface area contributed by atoms with Crippen molar-refractivity contribution in [1.29, 1.82) is 0 Å². The number of rotatable bonds is 4. The quantitative estimate of drug-likeness (QED) is 0.780. The highest BCUT2D eigenvalue weighted by Gasteiger charge is 2.08. The summed E-state index contributed by atoms with van der Waals surface area (Å²) in [6.45, 7) is 0.652. The second-order valence-corrected chi connectivity index (χ2v) is 5.15. The Labute approximate surface area is 110 Å². The summed E-state index contributed by atoms with van der Waals surface area (Å²) >= 11 is 1.69. The lowest BCUT2D eigenvalue weighted by Crippen LogP contribution is -2.02. The van der Waals surface area contributed by atoms with Gasteiger partial charge in [-0.15, -0.1) is 11.3 Å². The lowest BCUT2D eigenvalue weighted by molar-refractivity contribution is 0.934. The predicted octanol–water partition coefficient (Wildman–Crippen LogP) is 2.49. The molecule has 0 saturated carbocycles. The molecule has 0 aliphatic rings. The van der Waals surface area contributed by atoms with E-state index < -0.39 is 0 Å². The van der Waals surface area contributed by atoms with Gasteiger partial charge in [-0.05, 0) is 12.1 Å². The van der Waals surface area contributed by atoms with E-state index in [9.17, 15) is 0 Å². The van der Waals surface area contributed by atoms with E-state index in [1.54, 1.807) is 11.3 Å². The molecule has 0 bridgehead atoms. The van der Waals surface area contributed by atoms with Crippen molar-refractivity contribution in [1.82, 2.24) is 9.38 Å². The summed E-state index contributed by atoms with van der Waals surface area (Å²) in [5.74, 6) is 0. The fourth-order valence-electron chi connectivity index (χ4n) is 2.08. The van der Waals surface area contributed by atoms with E-state index in [1.165, 1.54) is 11.3 Å². The third kappa shape index (κ3) is 2.17. The molecule has 18 heavy (non-hydrogen) atoms. The zero-order valence-electron chi connectivity index (χ0n) is 10.0. The maximum atomic E-state index is 5.57. The predicted molar refractivity (Wildman–Crippen MR) is 75.1 cm³/mol. The summed E-state index contributed by atoms with van der Waals surface area (Å²) in [7, 11) is 0. The first-order valence-electron chi connectivity index (χ1n) is 6.05. The molecule has 3 aromatic rings. The van der Waals surface area contributed by atoms with Crippen molar-refractivity contribution in [3.05, 3.63) is 58.9 Å². The molecule has 0 aliphatic heterocycles. The highest BCUT2D eigenvalue weighted by molar-refractivity contribution is 7.15. The van der Waals surface area contributed by atoms with Gasteiger partial charge in [-0.1, -0.05) is 30.3 Å². The summed E-state index contributed by atoms with van der Waals surface area (Å²) in [5.41, 5.74) is 9.26. The van der Waals surface area contributed by atoms with E-state index in [0.29, 0.717) is 6.54 Å². The van der Waals surface area contributed by atoms with Gasteiger partial charge in [0.05, 0.1) is 5.69 Å². The van der Waals surface area contributed by atoms with Gasteiger partial charge in [0.25, 0.3) is 0 Å². The summed E-state index contributed by atoms with van der Waals surface area (Å²) in [6.07, 6.45) is 3.90. The Kier molecular flexibility index (Phi) is 3.13. The third-order valence-electron chi connectivity index (χ3n) is 2.96. The molecule has 92 valence electrons. The zero-order chi connectivity index (χ0) is 12.4. The van der Waals surface area contributed by atoms with Gasteiger partial charge in [0, 0.05) is 30.1 Å². The van der Waals surface area contributed by atoms with Crippen LogP contribution in [0.1, 0.15) is 17.0 Å². The van der Waals surface area contributed by atoms with Crippen molar-refractivity contribution in [3.63, 3.8) is 0 Å². The third-order valence-corrected chi connectivity index (χ3v) is 3.85. The summed E-state index contributed by atoms with van der Waals surface area (Å²) in [4.78, 5) is 5.63. The minimum atomic E-state index is 0.652. The van der Waals surface area contributed by atoms with Crippen LogP contribution >= 0.6 is 11.3 Å². The van der Waals surface area contributed by atoms with Gasteiger partial charge >= 0.3 is 0 Å². The first-order chi connectivity index (χ1) is 8.86. The van der Waals surface area contributed by atoms with E-state index >= 15 is 0 Å². The number of hydrogen-bond acceptors (Lipinski definition) is 3. The van der Waals surface area contributed by atoms with Crippen LogP contribution in [0.15, 0.2) is 41.9 Å². The number of benzene rings is 1. The largest absolute Gasteiger partial charge is 0.330 e. The fourth-order valence-corrected chi connectivity index (χ4v) is 2.97. The van der Waals surface area contributed by atoms with Crippen LogP contribution in [0, 0.1) is 0 Å². The first-order valence-corrected chi connectivity index (χ1v) is 6.93. The fraction of sp³-hybridized carbons (Fsp3) is 0.214. The Hall–Kier alpha value is -1.65. The molecule has 2 aromatic heterocycles. The average Bonchev–Trinajstić information content (AvgIpc) is 2.93. The first kappa shape index (κ1) is 11.4. The zero-order valence-corrected chi connectivity index (χ0v) is 10.9. The van der Waals surface area contributed by atoms with Gasteiger partial charge in [0.1, 0.15) is 0 Å². The minimum Gasteiger partial charge on any atom is -0.330 e. The molecule has 0 saturated heterocycles. The standard InChI is InChI=1S/C14H15N3S/c15-7-6-12-9-17-13(10-18-14(17)16-12)8-11-4-2-1-3-5-11/h1-5,9-10H,6-8,15H2. The topological polar surface area (TPSA) is 43.3 Å². The van der Waals surface area contributed by atoms with Gasteiger partial charge in [-0.3, -0.25) is 4.40 Å². The van der Waals surface area contributed by atoms with Gasteiger partial charge in [0.15, 0.2) is 4.96 Å². The van der Waals surface area contributed by atoms with Gasteiger partial charge < -0.3 is 5.73 Å². The lowest BCUT2D eigenvalue weighted by Gasteiger charge is -1.99. The van der Waals surface area contributed by atoms with Crippen LogP contribution in [0.25, 0.3) is 4.96 Å². The van der Waals surface area contributed by atoms with Crippen LogP contribution in [-0.2, 0) is 12.8 Å². The Bertz CT molecular complexity index is 639. The van der Waals surface area contributed by atoms with Crippen molar-refractivity contribution in [2.75, 3.05) is 6.54 Å². The van der Waals surface area contributed by atoms with E-state index in [0.717, 1.165) is 23.5 Å². The van der Waals surface area contributed by atoms with Crippen LogP contribution in [0.2, 0.25) is 0 Å². The number of nitrogens with zero attached hydrogens (tertiary/aromatic N) is 2. The molecular formula is C14H15N3S. The molecule has 0 radical (unpaired) electrons. The maximum absolute atomic E-state index is 5.57. The van der Waals surface area contributed by atoms with Gasteiger partial charge in [-0.2, -0.15) is 0 Å². The van der Waals surface area contributed by atoms with Crippen LogP contribution in [0.3, 0.4) is 0 Å². The Morgan fingerprint density at radius 2 is 2.06 bits per heavy atom. The molecule has 1 aromatic carbocycles. The molecular weight excluding hydrogens is 242 g/mol. The van der Waals surface area contributed by atoms with Gasteiger partial charge in [-0.25, -0.2) is 4.98 Å². The van der Waals surface area contributed by atoms with Crippen molar-refractivity contribution < 1.29 is 0 Å². The summed E-state index contributed by atoms with van der Waals surface area (Å²) < 4.78 is 2.18. The molecule has 3 rings (SSSR count). The Balaban J connectivity index is 1.92. The normalized spacial score (nSPS) is 11.2. The van der Waals surface area contributed by atoms with E-state index in [1.807, 2.05) is 6.07 Å². The lowest BCUT2D eigenvalue weighted by atomic mass is 10.1. The Morgan fingerprint density at radius 1 is 1.22 bits per heavy atom. The van der Waals surface area contributed by atoms with Crippen LogP contribution in [0.5, 0.6) is 0 Å². The molecule has 0 fully saturated rings. The van der Waals surface area contributed by atoms with Crippen molar-refractivity contribution >= 4 is 16.3 Å². The number of hydrogen-bond donors (Lipinski definition) is 1. The number of aromatic nitrogens is 2. The van der Waals surface area contributed by atoms with Crippen LogP contribution in [0.4, 0.5) is 0 Å². The molecule has 2 N–H and O–H groups in total. The average molecular weight is 257 g/mol. The molecule has 2 heterocycles. The SMILES string of the molecule is NCCc1cn2c(Cc3ccccc3)csc2n1. The second-order valence-electron chi connectivity index (χ2n) is 4.31. The number of thiazole rings is 1. The highest BCUT2D eigenvalue weighted by atomic mass is 32.1. The summed E-state index contributed by atoms with van der Waals surface area (Å²) in [6, 6.07) is 10.5. The molecule has 0 atom stereocenters. The maximum Gasteiger partial charge on any atom is 0.194 e. The molecule has 0 amide bonds. The second kappa shape index (κ2) is 4.92. The van der Waals surface area contributed by atoms with Gasteiger partial charge in [0.2, 0.25) is 0 Å². The van der Waals surface area contributed by atoms with Crippen LogP contribution in [-0.4, -0.2) is 15.9 Å². The van der Waals surface area contributed by atoms with E-state index in [-0.39, 0.29) is 0 Å². The minimum absolute atomic E-state index is 0.652. The molecule has 4 heteroatoms. The summed E-state index contributed by atoms with van der Waals surface area (Å²) in [5, 5.41) is 2.18. The molecule has 3 nitrogen and oxygen atoms in total. The van der Waals surface area contributed by atoms with E-state index in [2.05, 4.69) is 45.2 Å². The monoisotopic (exact) mass is 257 g/mol. The highest BCUT2D eigenvalue weighted by Crippen LogP contribution is 2.19. The Morgan fingerprint density at radius 3 is 2.83 bits per heavy atom. The number of fused-ring (bicyclic) bond motifs is 1. The number of nitrogens with two attached hydrogens (primary N) is 1. The van der Waals surface area contributed by atoms with Crippen LogP contribution < -0.4 is 5.73 Å². The van der Waals surface area contributed by atoms with Crippen molar-refractivity contribution in [3.8, 4) is 0 Å². The van der Waals surface area contributed by atoms with Crippen molar-refractivity contribution in [2.24, 2.45) is 5.73 Å².